The molecule has 0 aromatic heterocycles. The molecule has 0 unspecified atom stereocenters. The quantitative estimate of drug-likeness (QED) is 0.844. The van der Waals surface area contributed by atoms with Crippen molar-refractivity contribution in [2.24, 2.45) is 5.41 Å². The standard InChI is InChI=1S/C17H17NO4/c1-12(19)22-16(2,17(11-18)8-9-17)7-6-13-4-3-5-14(10-13)15(20)21/h3-7,10H,8-9H2,1-2H3,(H,20,21)/b7-6+/t16-/m1/s1. The van der Waals surface area contributed by atoms with Gasteiger partial charge < -0.3 is 9.84 Å². The second kappa shape index (κ2) is 5.64. The van der Waals surface area contributed by atoms with Crippen molar-refractivity contribution in [3.63, 3.8) is 0 Å². The molecule has 1 aliphatic carbocycles. The summed E-state index contributed by atoms with van der Waals surface area (Å²) in [5.41, 5.74) is -0.864. The van der Waals surface area contributed by atoms with Crippen LogP contribution < -0.4 is 0 Å². The van der Waals surface area contributed by atoms with Gasteiger partial charge in [-0.3, -0.25) is 4.79 Å². The zero-order chi connectivity index (χ0) is 16.4. The van der Waals surface area contributed by atoms with E-state index in [0.29, 0.717) is 18.4 Å². The van der Waals surface area contributed by atoms with Crippen molar-refractivity contribution in [3.8, 4) is 6.07 Å². The number of nitrogens with zero attached hydrogens (tertiary/aromatic N) is 1. The summed E-state index contributed by atoms with van der Waals surface area (Å²) in [7, 11) is 0. The van der Waals surface area contributed by atoms with Crippen LogP contribution in [0.1, 0.15) is 42.6 Å². The molecule has 0 aliphatic heterocycles. The van der Waals surface area contributed by atoms with E-state index in [1.165, 1.54) is 19.1 Å². The van der Waals surface area contributed by atoms with Crippen LogP contribution in [0.2, 0.25) is 0 Å². The van der Waals surface area contributed by atoms with Gasteiger partial charge in [0.2, 0.25) is 0 Å². The lowest BCUT2D eigenvalue weighted by molar-refractivity contribution is -0.154. The third kappa shape index (κ3) is 3.01. The van der Waals surface area contributed by atoms with E-state index in [2.05, 4.69) is 6.07 Å². The molecule has 0 spiro atoms. The Hall–Kier alpha value is -2.61. The number of carboxylic acid groups (broad SMARTS) is 1. The topological polar surface area (TPSA) is 87.4 Å². The fourth-order valence-corrected chi connectivity index (χ4v) is 2.46. The number of benzene rings is 1. The van der Waals surface area contributed by atoms with Gasteiger partial charge in [-0.05, 0) is 43.5 Å². The average molecular weight is 299 g/mol. The lowest BCUT2D eigenvalue weighted by Gasteiger charge is -2.30. The maximum atomic E-state index is 11.4. The van der Waals surface area contributed by atoms with Crippen LogP contribution in [0.15, 0.2) is 30.3 Å². The summed E-state index contributed by atoms with van der Waals surface area (Å²) in [5, 5.41) is 18.4. The molecule has 0 heterocycles. The number of hydrogen-bond donors (Lipinski definition) is 1. The summed E-state index contributed by atoms with van der Waals surface area (Å²) >= 11 is 0. The molecular formula is C17H17NO4. The number of nitriles is 1. The van der Waals surface area contributed by atoms with Crippen molar-refractivity contribution in [3.05, 3.63) is 41.5 Å². The average Bonchev–Trinajstić information content (AvgIpc) is 3.26. The number of carbonyl (C=O) groups excluding carboxylic acids is 1. The first kappa shape index (κ1) is 15.8. The maximum absolute atomic E-state index is 11.4. The highest BCUT2D eigenvalue weighted by molar-refractivity contribution is 5.88. The first-order chi connectivity index (χ1) is 10.3. The summed E-state index contributed by atoms with van der Waals surface area (Å²) in [4.78, 5) is 22.3. The second-order valence-corrected chi connectivity index (χ2v) is 5.66. The molecule has 2 rings (SSSR count). The van der Waals surface area contributed by atoms with Crippen LogP contribution in [-0.2, 0) is 9.53 Å². The molecule has 0 amide bonds. The minimum atomic E-state index is -1.02. The Morgan fingerprint density at radius 3 is 2.64 bits per heavy atom. The molecule has 1 aromatic carbocycles. The molecule has 5 nitrogen and oxygen atoms in total. The highest BCUT2D eigenvalue weighted by Crippen LogP contribution is 2.56. The fourth-order valence-electron chi connectivity index (χ4n) is 2.46. The van der Waals surface area contributed by atoms with E-state index in [0.717, 1.165) is 0 Å². The molecular weight excluding hydrogens is 282 g/mol. The predicted molar refractivity (Wildman–Crippen MR) is 79.9 cm³/mol. The van der Waals surface area contributed by atoms with Gasteiger partial charge >= 0.3 is 11.9 Å². The molecule has 1 aliphatic rings. The molecule has 114 valence electrons. The predicted octanol–water partition coefficient (Wildman–Crippen LogP) is 3.02. The van der Waals surface area contributed by atoms with Crippen LogP contribution in [-0.4, -0.2) is 22.6 Å². The van der Waals surface area contributed by atoms with Crippen LogP contribution in [0.4, 0.5) is 0 Å². The van der Waals surface area contributed by atoms with Crippen LogP contribution in [0.3, 0.4) is 0 Å². The van der Waals surface area contributed by atoms with Gasteiger partial charge in [0.1, 0.15) is 11.0 Å². The Balaban J connectivity index is 2.32. The summed E-state index contributed by atoms with van der Waals surface area (Å²) in [6.07, 6.45) is 4.71. The minimum Gasteiger partial charge on any atom is -0.478 e. The van der Waals surface area contributed by atoms with Crippen molar-refractivity contribution in [1.29, 1.82) is 5.26 Å². The lowest BCUT2D eigenvalue weighted by Crippen LogP contribution is -2.38. The lowest BCUT2D eigenvalue weighted by atomic mass is 9.85. The summed E-state index contributed by atoms with van der Waals surface area (Å²) < 4.78 is 5.39. The summed E-state index contributed by atoms with van der Waals surface area (Å²) in [6.45, 7) is 3.02. The number of carboxylic acids is 1. The first-order valence-corrected chi connectivity index (χ1v) is 6.95. The van der Waals surface area contributed by atoms with Crippen LogP contribution >= 0.6 is 0 Å². The van der Waals surface area contributed by atoms with Gasteiger partial charge in [0.15, 0.2) is 0 Å². The molecule has 0 saturated heterocycles. The largest absolute Gasteiger partial charge is 0.478 e. The second-order valence-electron chi connectivity index (χ2n) is 5.66. The first-order valence-electron chi connectivity index (χ1n) is 6.95. The van der Waals surface area contributed by atoms with E-state index in [1.807, 2.05) is 0 Å². The number of hydrogen-bond acceptors (Lipinski definition) is 4. The van der Waals surface area contributed by atoms with Gasteiger partial charge in [-0.15, -0.1) is 0 Å². The van der Waals surface area contributed by atoms with E-state index >= 15 is 0 Å². The molecule has 1 atom stereocenters. The number of aromatic carboxylic acids is 1. The Morgan fingerprint density at radius 1 is 1.45 bits per heavy atom. The van der Waals surface area contributed by atoms with Crippen LogP contribution in [0.25, 0.3) is 6.08 Å². The van der Waals surface area contributed by atoms with Crippen molar-refractivity contribution in [2.45, 2.75) is 32.3 Å². The Kier molecular flexibility index (Phi) is 4.05. The molecule has 0 bridgehead atoms. The third-order valence-corrected chi connectivity index (χ3v) is 4.00. The van der Waals surface area contributed by atoms with Gasteiger partial charge in [0.05, 0.1) is 11.6 Å². The zero-order valence-corrected chi connectivity index (χ0v) is 12.5. The Labute approximate surface area is 128 Å². The van der Waals surface area contributed by atoms with Gasteiger partial charge in [-0.1, -0.05) is 18.2 Å². The van der Waals surface area contributed by atoms with E-state index in [-0.39, 0.29) is 5.56 Å². The van der Waals surface area contributed by atoms with Crippen molar-refractivity contribution in [2.75, 3.05) is 0 Å². The van der Waals surface area contributed by atoms with E-state index in [4.69, 9.17) is 9.84 Å². The normalized spacial score (nSPS) is 18.2. The van der Waals surface area contributed by atoms with Gasteiger partial charge in [-0.25, -0.2) is 4.79 Å². The molecule has 5 heteroatoms. The number of rotatable bonds is 5. The van der Waals surface area contributed by atoms with E-state index < -0.39 is 23.0 Å². The smallest absolute Gasteiger partial charge is 0.335 e. The highest BCUT2D eigenvalue weighted by atomic mass is 16.6. The molecule has 0 radical (unpaired) electrons. The highest BCUT2D eigenvalue weighted by Gasteiger charge is 2.59. The number of ether oxygens (including phenoxy) is 1. The van der Waals surface area contributed by atoms with Gasteiger partial charge in [0, 0.05) is 6.92 Å². The van der Waals surface area contributed by atoms with Crippen LogP contribution in [0, 0.1) is 16.7 Å². The Bertz CT molecular complexity index is 682. The van der Waals surface area contributed by atoms with E-state index in [9.17, 15) is 14.9 Å². The van der Waals surface area contributed by atoms with E-state index in [1.54, 1.807) is 31.2 Å². The molecule has 1 saturated carbocycles. The molecule has 1 N–H and O–H groups in total. The Morgan fingerprint density at radius 2 is 2.14 bits per heavy atom. The number of carbonyl (C=O) groups is 2. The van der Waals surface area contributed by atoms with Crippen molar-refractivity contribution < 1.29 is 19.4 Å². The molecule has 1 aromatic rings. The zero-order valence-electron chi connectivity index (χ0n) is 12.5. The van der Waals surface area contributed by atoms with Gasteiger partial charge in [-0.2, -0.15) is 5.26 Å². The fraction of sp³-hybridized carbons (Fsp3) is 0.353. The van der Waals surface area contributed by atoms with Crippen LogP contribution in [0.5, 0.6) is 0 Å². The summed E-state index contributed by atoms with van der Waals surface area (Å²) in [5.74, 6) is -1.46. The van der Waals surface area contributed by atoms with Gasteiger partial charge in [0.25, 0.3) is 0 Å². The maximum Gasteiger partial charge on any atom is 0.335 e. The summed E-state index contributed by atoms with van der Waals surface area (Å²) in [6, 6.07) is 8.67. The monoisotopic (exact) mass is 299 g/mol. The third-order valence-electron chi connectivity index (χ3n) is 4.00. The van der Waals surface area contributed by atoms with Crippen molar-refractivity contribution in [1.82, 2.24) is 0 Å². The number of esters is 1. The SMILES string of the molecule is CC(=O)O[C@](C)(/C=C/c1cccc(C(=O)O)c1)C1(C#N)CC1. The molecule has 22 heavy (non-hydrogen) atoms. The van der Waals surface area contributed by atoms with Crippen molar-refractivity contribution >= 4 is 18.0 Å². The minimum absolute atomic E-state index is 0.178. The molecule has 1 fully saturated rings.